The summed E-state index contributed by atoms with van der Waals surface area (Å²) in [5.41, 5.74) is 4.64. The summed E-state index contributed by atoms with van der Waals surface area (Å²) in [6.45, 7) is 10.2. The molecular weight excluding hydrogens is 276 g/mol. The minimum atomic E-state index is -1.39. The zero-order valence-electron chi connectivity index (χ0n) is 13.8. The molecule has 0 unspecified atom stereocenters. The first-order chi connectivity index (χ1) is 9.78. The molecule has 2 nitrogen and oxygen atoms in total. The first kappa shape index (κ1) is 17.5. The highest BCUT2D eigenvalue weighted by atomic mass is 28.3. The minimum absolute atomic E-state index is 0.0735. The fraction of sp³-hybridized carbons (Fsp3) is 0.500. The minimum Gasteiger partial charge on any atom is -0.461 e. The lowest BCUT2D eigenvalue weighted by Gasteiger charge is -2.20. The fourth-order valence-corrected chi connectivity index (χ4v) is 2.66. The lowest BCUT2D eigenvalue weighted by atomic mass is 9.98. The van der Waals surface area contributed by atoms with E-state index in [0.29, 0.717) is 0 Å². The van der Waals surface area contributed by atoms with Crippen LogP contribution in [-0.2, 0) is 16.0 Å². The lowest BCUT2D eigenvalue weighted by Crippen LogP contribution is -2.25. The molecule has 0 bridgehead atoms. The molecule has 0 aliphatic heterocycles. The summed E-state index contributed by atoms with van der Waals surface area (Å²) in [6, 6.07) is 10.3. The van der Waals surface area contributed by atoms with Crippen molar-refractivity contribution in [2.75, 3.05) is 0 Å². The van der Waals surface area contributed by atoms with E-state index < -0.39 is 8.07 Å². The van der Waals surface area contributed by atoms with Crippen LogP contribution in [0.1, 0.15) is 25.8 Å². The number of aryl methyl sites for hydroxylation is 1. The molecule has 0 amide bonds. The van der Waals surface area contributed by atoms with Crippen LogP contribution in [0.2, 0.25) is 19.6 Å². The van der Waals surface area contributed by atoms with Crippen LogP contribution in [0, 0.1) is 17.4 Å². The van der Waals surface area contributed by atoms with E-state index in [1.165, 1.54) is 12.5 Å². The topological polar surface area (TPSA) is 26.3 Å². The highest BCUT2D eigenvalue weighted by Crippen LogP contribution is 2.15. The molecule has 0 heterocycles. The van der Waals surface area contributed by atoms with Crippen molar-refractivity contribution in [1.82, 2.24) is 0 Å². The van der Waals surface area contributed by atoms with Gasteiger partial charge in [0.25, 0.3) is 0 Å². The molecular formula is C18H26O2Si. The zero-order valence-corrected chi connectivity index (χ0v) is 14.8. The van der Waals surface area contributed by atoms with Crippen molar-refractivity contribution < 1.29 is 9.53 Å². The summed E-state index contributed by atoms with van der Waals surface area (Å²) < 4.78 is 5.47. The van der Waals surface area contributed by atoms with Gasteiger partial charge in [0.1, 0.15) is 14.2 Å². The van der Waals surface area contributed by atoms with Crippen molar-refractivity contribution in [3.05, 3.63) is 35.9 Å². The zero-order chi connectivity index (χ0) is 15.9. The average Bonchev–Trinajstić information content (AvgIpc) is 2.40. The molecule has 0 aliphatic rings. The maximum Gasteiger partial charge on any atom is 0.302 e. The van der Waals surface area contributed by atoms with Gasteiger partial charge in [-0.15, -0.1) is 11.5 Å². The third-order valence-electron chi connectivity index (χ3n) is 3.11. The van der Waals surface area contributed by atoms with Crippen LogP contribution in [0.25, 0.3) is 0 Å². The normalized spacial score (nSPS) is 13.8. The third kappa shape index (κ3) is 7.72. The van der Waals surface area contributed by atoms with Gasteiger partial charge in [0, 0.05) is 6.92 Å². The van der Waals surface area contributed by atoms with Crippen LogP contribution in [-0.4, -0.2) is 20.1 Å². The van der Waals surface area contributed by atoms with Crippen molar-refractivity contribution in [1.29, 1.82) is 0 Å². The molecule has 0 spiro atoms. The van der Waals surface area contributed by atoms with E-state index in [-0.39, 0.29) is 18.0 Å². The highest BCUT2D eigenvalue weighted by Gasteiger charge is 2.19. The maximum absolute atomic E-state index is 11.3. The van der Waals surface area contributed by atoms with Gasteiger partial charge >= 0.3 is 5.97 Å². The van der Waals surface area contributed by atoms with E-state index in [2.05, 4.69) is 43.2 Å². The van der Waals surface area contributed by atoms with E-state index in [1.54, 1.807) is 0 Å². The van der Waals surface area contributed by atoms with Gasteiger partial charge in [0.2, 0.25) is 0 Å². The molecule has 1 rings (SSSR count). The molecule has 114 valence electrons. The second kappa shape index (κ2) is 8.04. The van der Waals surface area contributed by atoms with Crippen LogP contribution in [0.3, 0.4) is 0 Å². The summed E-state index contributed by atoms with van der Waals surface area (Å²) >= 11 is 0. The third-order valence-corrected chi connectivity index (χ3v) is 4.00. The maximum atomic E-state index is 11.3. The molecule has 1 aromatic rings. The molecule has 2 atom stereocenters. The Hall–Kier alpha value is -1.53. The van der Waals surface area contributed by atoms with Gasteiger partial charge in [-0.25, -0.2) is 0 Å². The van der Waals surface area contributed by atoms with Gasteiger partial charge in [-0.1, -0.05) is 50.0 Å². The van der Waals surface area contributed by atoms with Gasteiger partial charge in [-0.2, -0.15) is 0 Å². The molecule has 1 aromatic carbocycles. The Morgan fingerprint density at radius 1 is 1.24 bits per heavy atom. The van der Waals surface area contributed by atoms with Crippen molar-refractivity contribution in [3.8, 4) is 11.5 Å². The fourth-order valence-electron chi connectivity index (χ4n) is 2.00. The van der Waals surface area contributed by atoms with Gasteiger partial charge in [0.15, 0.2) is 0 Å². The van der Waals surface area contributed by atoms with Crippen LogP contribution in [0.15, 0.2) is 30.3 Å². The number of carbonyl (C=O) groups is 1. The molecule has 0 radical (unpaired) electrons. The average molecular weight is 302 g/mol. The van der Waals surface area contributed by atoms with E-state index in [9.17, 15) is 4.79 Å². The van der Waals surface area contributed by atoms with Gasteiger partial charge < -0.3 is 4.74 Å². The molecule has 0 N–H and O–H groups in total. The largest absolute Gasteiger partial charge is 0.461 e. The smallest absolute Gasteiger partial charge is 0.302 e. The summed E-state index contributed by atoms with van der Waals surface area (Å²) in [4.78, 5) is 11.3. The molecule has 3 heteroatoms. The number of hydrogen-bond acceptors (Lipinski definition) is 2. The van der Waals surface area contributed by atoms with Crippen molar-refractivity contribution >= 4 is 14.0 Å². The Kier molecular flexibility index (Phi) is 6.71. The van der Waals surface area contributed by atoms with Gasteiger partial charge in [0.05, 0.1) is 5.92 Å². The number of hydrogen-bond donors (Lipinski definition) is 0. The molecule has 0 aliphatic carbocycles. The molecule has 0 aromatic heterocycles. The van der Waals surface area contributed by atoms with Gasteiger partial charge in [-0.05, 0) is 25.3 Å². The summed E-state index contributed by atoms with van der Waals surface area (Å²) in [5, 5.41) is 0. The summed E-state index contributed by atoms with van der Waals surface area (Å²) in [5.74, 6) is 3.15. The first-order valence-electron chi connectivity index (χ1n) is 7.52. The highest BCUT2D eigenvalue weighted by molar-refractivity contribution is 6.83. The SMILES string of the molecule is CC(=O)O[C@H](CCc1ccccc1)[C@@H](C)C#C[Si](C)(C)C. The monoisotopic (exact) mass is 302 g/mol. The van der Waals surface area contributed by atoms with Crippen LogP contribution < -0.4 is 0 Å². The Balaban J connectivity index is 2.70. The lowest BCUT2D eigenvalue weighted by molar-refractivity contribution is -0.148. The van der Waals surface area contributed by atoms with Crippen LogP contribution in [0.5, 0.6) is 0 Å². The van der Waals surface area contributed by atoms with Crippen LogP contribution in [0.4, 0.5) is 0 Å². The first-order valence-corrected chi connectivity index (χ1v) is 11.0. The summed E-state index contributed by atoms with van der Waals surface area (Å²) in [7, 11) is -1.39. The standard InChI is InChI=1S/C18H26O2Si/c1-15(13-14-21(3,4)5)18(20-16(2)19)12-11-17-9-7-6-8-10-17/h6-10,15,18H,11-12H2,1-5H3/t15-,18+/m0/s1. The van der Waals surface area contributed by atoms with E-state index in [4.69, 9.17) is 4.74 Å². The second-order valence-corrected chi connectivity index (χ2v) is 11.2. The number of esters is 1. The van der Waals surface area contributed by atoms with E-state index >= 15 is 0 Å². The Morgan fingerprint density at radius 2 is 1.86 bits per heavy atom. The number of rotatable bonds is 5. The molecule has 0 fully saturated rings. The van der Waals surface area contributed by atoms with E-state index in [0.717, 1.165) is 12.8 Å². The van der Waals surface area contributed by atoms with Gasteiger partial charge in [-0.3, -0.25) is 4.79 Å². The quantitative estimate of drug-likeness (QED) is 0.465. The Bertz CT molecular complexity index is 506. The number of ether oxygens (including phenoxy) is 1. The predicted molar refractivity (Wildman–Crippen MR) is 90.6 cm³/mol. The Morgan fingerprint density at radius 3 is 2.38 bits per heavy atom. The van der Waals surface area contributed by atoms with Crippen molar-refractivity contribution in [2.45, 2.75) is 52.4 Å². The number of carbonyl (C=O) groups excluding carboxylic acids is 1. The van der Waals surface area contributed by atoms with Crippen LogP contribution >= 0.6 is 0 Å². The van der Waals surface area contributed by atoms with E-state index in [1.807, 2.05) is 25.1 Å². The predicted octanol–water partition coefficient (Wildman–Crippen LogP) is 4.07. The molecule has 0 saturated carbocycles. The second-order valence-electron chi connectivity index (χ2n) is 6.48. The molecule has 21 heavy (non-hydrogen) atoms. The Labute approximate surface area is 129 Å². The molecule has 0 saturated heterocycles. The summed E-state index contributed by atoms with van der Waals surface area (Å²) in [6.07, 6.45) is 1.58. The van der Waals surface area contributed by atoms with Crippen molar-refractivity contribution in [3.63, 3.8) is 0 Å². The van der Waals surface area contributed by atoms with Crippen molar-refractivity contribution in [2.24, 2.45) is 5.92 Å². The number of benzene rings is 1.